The maximum atomic E-state index is 12.2. The second-order valence-corrected chi connectivity index (χ2v) is 6.32. The van der Waals surface area contributed by atoms with Crippen LogP contribution in [0.3, 0.4) is 0 Å². The fraction of sp³-hybridized carbons (Fsp3) is 0.316. The summed E-state index contributed by atoms with van der Waals surface area (Å²) in [7, 11) is 1.71. The van der Waals surface area contributed by atoms with Crippen molar-refractivity contribution in [3.8, 4) is 0 Å². The predicted octanol–water partition coefficient (Wildman–Crippen LogP) is 3.20. The van der Waals surface area contributed by atoms with Gasteiger partial charge in [-0.15, -0.1) is 0 Å². The number of hydrogen-bond donors (Lipinski definition) is 1. The van der Waals surface area contributed by atoms with Crippen LogP contribution in [-0.4, -0.2) is 27.8 Å². The highest BCUT2D eigenvalue weighted by Gasteiger charge is 2.19. The van der Waals surface area contributed by atoms with Crippen LogP contribution in [0.2, 0.25) is 5.15 Å². The molecule has 0 radical (unpaired) electrons. The highest BCUT2D eigenvalue weighted by atomic mass is 35.5. The van der Waals surface area contributed by atoms with E-state index < -0.39 is 12.1 Å². The molecule has 0 aliphatic carbocycles. The van der Waals surface area contributed by atoms with Gasteiger partial charge in [-0.05, 0) is 32.4 Å². The van der Waals surface area contributed by atoms with Gasteiger partial charge in [-0.1, -0.05) is 41.9 Å². The van der Waals surface area contributed by atoms with E-state index in [1.807, 2.05) is 37.3 Å². The molecule has 1 heterocycles. The summed E-state index contributed by atoms with van der Waals surface area (Å²) < 4.78 is 6.67. The number of ether oxygens (including phenoxy) is 1. The molecule has 6 nitrogen and oxygen atoms in total. The van der Waals surface area contributed by atoms with Gasteiger partial charge in [0.15, 0.2) is 6.10 Å². The molecule has 2 unspecified atom stereocenters. The summed E-state index contributed by atoms with van der Waals surface area (Å²) in [4.78, 5) is 24.2. The molecule has 1 amide bonds. The number of carbonyl (C=O) groups is 2. The number of hydrogen-bond acceptors (Lipinski definition) is 4. The number of nitrogens with one attached hydrogen (secondary N) is 1. The molecule has 138 valence electrons. The molecule has 0 fully saturated rings. The lowest BCUT2D eigenvalue weighted by Gasteiger charge is -2.17. The van der Waals surface area contributed by atoms with Gasteiger partial charge in [0.25, 0.3) is 5.91 Å². The van der Waals surface area contributed by atoms with Crippen LogP contribution in [0, 0.1) is 6.92 Å². The summed E-state index contributed by atoms with van der Waals surface area (Å²) in [6, 6.07) is 9.37. The number of benzene rings is 1. The molecule has 2 aromatic rings. The van der Waals surface area contributed by atoms with E-state index in [1.54, 1.807) is 14.0 Å². The third-order valence-corrected chi connectivity index (χ3v) is 4.35. The van der Waals surface area contributed by atoms with Gasteiger partial charge in [-0.3, -0.25) is 9.48 Å². The van der Waals surface area contributed by atoms with E-state index in [4.69, 9.17) is 16.3 Å². The Balaban J connectivity index is 1.91. The van der Waals surface area contributed by atoms with Gasteiger partial charge in [-0.25, -0.2) is 4.79 Å². The lowest BCUT2D eigenvalue weighted by molar-refractivity contribution is -0.150. The molecule has 2 rings (SSSR count). The number of esters is 1. The van der Waals surface area contributed by atoms with E-state index in [-0.39, 0.29) is 11.9 Å². The Labute approximate surface area is 157 Å². The average molecular weight is 376 g/mol. The smallest absolute Gasteiger partial charge is 0.331 e. The third kappa shape index (κ3) is 4.95. The van der Waals surface area contributed by atoms with Crippen LogP contribution in [0.4, 0.5) is 0 Å². The number of halogens is 1. The second-order valence-electron chi connectivity index (χ2n) is 5.97. The number of carbonyl (C=O) groups excluding carboxylic acids is 2. The van der Waals surface area contributed by atoms with Crippen LogP contribution in [0.1, 0.15) is 36.7 Å². The van der Waals surface area contributed by atoms with Crippen molar-refractivity contribution in [2.75, 3.05) is 0 Å². The summed E-state index contributed by atoms with van der Waals surface area (Å²) in [5.41, 5.74) is 2.31. The monoisotopic (exact) mass is 375 g/mol. The minimum absolute atomic E-state index is 0.183. The van der Waals surface area contributed by atoms with Crippen molar-refractivity contribution in [1.29, 1.82) is 0 Å². The third-order valence-electron chi connectivity index (χ3n) is 3.90. The Kier molecular flexibility index (Phi) is 6.58. The summed E-state index contributed by atoms with van der Waals surface area (Å²) in [5, 5.41) is 7.40. The van der Waals surface area contributed by atoms with Crippen LogP contribution < -0.4 is 5.32 Å². The van der Waals surface area contributed by atoms with E-state index in [2.05, 4.69) is 10.4 Å². The Morgan fingerprint density at radius 1 is 1.27 bits per heavy atom. The molecule has 26 heavy (non-hydrogen) atoms. The van der Waals surface area contributed by atoms with Crippen molar-refractivity contribution >= 4 is 29.6 Å². The fourth-order valence-electron chi connectivity index (χ4n) is 2.41. The Hall–Kier alpha value is -2.60. The summed E-state index contributed by atoms with van der Waals surface area (Å²) in [6.45, 7) is 5.19. The molecule has 0 bridgehead atoms. The van der Waals surface area contributed by atoms with Crippen molar-refractivity contribution in [2.45, 2.75) is 32.9 Å². The van der Waals surface area contributed by atoms with Gasteiger partial charge in [0.2, 0.25) is 0 Å². The zero-order valence-electron chi connectivity index (χ0n) is 15.2. The van der Waals surface area contributed by atoms with Gasteiger partial charge < -0.3 is 10.1 Å². The van der Waals surface area contributed by atoms with Crippen LogP contribution in [-0.2, 0) is 21.4 Å². The predicted molar refractivity (Wildman–Crippen MR) is 101 cm³/mol. The molecule has 0 saturated carbocycles. The molecule has 1 N–H and O–H groups in total. The average Bonchev–Trinajstić information content (AvgIpc) is 2.85. The van der Waals surface area contributed by atoms with Gasteiger partial charge in [0.05, 0.1) is 11.7 Å². The van der Waals surface area contributed by atoms with Crippen molar-refractivity contribution in [3.63, 3.8) is 0 Å². The van der Waals surface area contributed by atoms with Crippen LogP contribution in [0.15, 0.2) is 36.4 Å². The molecular weight excluding hydrogens is 354 g/mol. The van der Waals surface area contributed by atoms with Crippen LogP contribution in [0.25, 0.3) is 6.08 Å². The van der Waals surface area contributed by atoms with Gasteiger partial charge in [0, 0.05) is 18.7 Å². The quantitative estimate of drug-likeness (QED) is 0.621. The molecule has 7 heteroatoms. The van der Waals surface area contributed by atoms with Crippen LogP contribution in [0.5, 0.6) is 0 Å². The van der Waals surface area contributed by atoms with Crippen molar-refractivity contribution in [1.82, 2.24) is 15.1 Å². The number of amides is 1. The first-order chi connectivity index (χ1) is 12.3. The lowest BCUT2D eigenvalue weighted by Crippen LogP contribution is -2.37. The highest BCUT2D eigenvalue weighted by Crippen LogP contribution is 2.20. The van der Waals surface area contributed by atoms with Crippen LogP contribution >= 0.6 is 11.6 Å². The van der Waals surface area contributed by atoms with E-state index in [0.717, 1.165) is 5.56 Å². The molecule has 0 saturated heterocycles. The van der Waals surface area contributed by atoms with E-state index in [9.17, 15) is 9.59 Å². The van der Waals surface area contributed by atoms with Crippen molar-refractivity contribution < 1.29 is 14.3 Å². The van der Waals surface area contributed by atoms with E-state index in [1.165, 1.54) is 23.8 Å². The largest absolute Gasteiger partial charge is 0.449 e. The first kappa shape index (κ1) is 19.7. The van der Waals surface area contributed by atoms with Crippen molar-refractivity contribution in [3.05, 3.63) is 58.4 Å². The minimum Gasteiger partial charge on any atom is -0.449 e. The second kappa shape index (κ2) is 8.67. The maximum absolute atomic E-state index is 12.2. The van der Waals surface area contributed by atoms with Gasteiger partial charge in [-0.2, -0.15) is 5.10 Å². The summed E-state index contributed by atoms with van der Waals surface area (Å²) >= 11 is 6.10. The molecular formula is C19H22ClN3O3. The maximum Gasteiger partial charge on any atom is 0.331 e. The zero-order valence-corrected chi connectivity index (χ0v) is 15.9. The first-order valence-corrected chi connectivity index (χ1v) is 8.60. The molecule has 0 aliphatic heterocycles. The Bertz CT molecular complexity index is 815. The zero-order chi connectivity index (χ0) is 19.3. The molecule has 2 atom stereocenters. The standard InChI is InChI=1S/C19H22ClN3O3/c1-12(15-8-6-5-7-9-15)21-19(25)14(3)26-17(24)11-10-16-13(2)22-23(4)18(16)20/h5-12,14H,1-4H3,(H,21,25)/b11-10+. The highest BCUT2D eigenvalue weighted by molar-refractivity contribution is 6.31. The molecule has 1 aromatic heterocycles. The van der Waals surface area contributed by atoms with Gasteiger partial charge in [0.1, 0.15) is 5.15 Å². The van der Waals surface area contributed by atoms with Gasteiger partial charge >= 0.3 is 5.97 Å². The summed E-state index contributed by atoms with van der Waals surface area (Å²) in [6.07, 6.45) is 1.86. The van der Waals surface area contributed by atoms with Crippen molar-refractivity contribution in [2.24, 2.45) is 7.05 Å². The Morgan fingerprint density at radius 3 is 2.50 bits per heavy atom. The number of aryl methyl sites for hydroxylation is 2. The topological polar surface area (TPSA) is 73.2 Å². The normalized spacial score (nSPS) is 13.4. The molecule has 1 aromatic carbocycles. The first-order valence-electron chi connectivity index (χ1n) is 8.22. The molecule has 0 aliphatic rings. The number of nitrogens with zero attached hydrogens (tertiary/aromatic N) is 2. The van der Waals surface area contributed by atoms with E-state index in [0.29, 0.717) is 16.4 Å². The minimum atomic E-state index is -0.913. The molecule has 0 spiro atoms. The SMILES string of the molecule is Cc1nn(C)c(Cl)c1/C=C/C(=O)OC(C)C(=O)NC(C)c1ccccc1. The number of rotatable bonds is 6. The summed E-state index contributed by atoms with van der Waals surface area (Å²) in [5.74, 6) is -0.988. The number of aromatic nitrogens is 2. The fourth-order valence-corrected chi connectivity index (χ4v) is 2.65. The van der Waals surface area contributed by atoms with E-state index >= 15 is 0 Å². The Morgan fingerprint density at radius 2 is 1.92 bits per heavy atom. The lowest BCUT2D eigenvalue weighted by atomic mass is 10.1.